The summed E-state index contributed by atoms with van der Waals surface area (Å²) in [7, 11) is 0. The Kier molecular flexibility index (Phi) is 21.2. The number of thiol groups is 1. The molecule has 0 spiro atoms. The van der Waals surface area contributed by atoms with Crippen LogP contribution in [-0.4, -0.2) is 18.3 Å². The first-order chi connectivity index (χ1) is 3.31. The SMILES string of the molecule is Cl.Cl.NCCC(N)CS. The van der Waals surface area contributed by atoms with Crippen molar-refractivity contribution < 1.29 is 0 Å². The largest absolute Gasteiger partial charge is 0.330 e. The van der Waals surface area contributed by atoms with Crippen molar-refractivity contribution in [2.45, 2.75) is 12.5 Å². The van der Waals surface area contributed by atoms with Gasteiger partial charge < -0.3 is 11.5 Å². The van der Waals surface area contributed by atoms with Crippen molar-refractivity contribution in [2.75, 3.05) is 12.3 Å². The van der Waals surface area contributed by atoms with Gasteiger partial charge in [0.15, 0.2) is 0 Å². The lowest BCUT2D eigenvalue weighted by Gasteiger charge is -2.02. The number of halogens is 2. The molecule has 0 fully saturated rings. The minimum absolute atomic E-state index is 0. The zero-order chi connectivity index (χ0) is 5.70. The van der Waals surface area contributed by atoms with Gasteiger partial charge in [-0.15, -0.1) is 24.8 Å². The average Bonchev–Trinajstić information content (AvgIpc) is 1.68. The summed E-state index contributed by atoms with van der Waals surface area (Å²) in [6, 6.07) is 0.188. The van der Waals surface area contributed by atoms with Crippen molar-refractivity contribution in [2.24, 2.45) is 11.5 Å². The highest BCUT2D eigenvalue weighted by Crippen LogP contribution is 1.85. The van der Waals surface area contributed by atoms with Gasteiger partial charge in [-0.25, -0.2) is 0 Å². The highest BCUT2D eigenvalue weighted by molar-refractivity contribution is 7.80. The van der Waals surface area contributed by atoms with Crippen LogP contribution in [0.15, 0.2) is 0 Å². The van der Waals surface area contributed by atoms with Crippen LogP contribution in [0.2, 0.25) is 0 Å². The maximum Gasteiger partial charge on any atom is 0.0139 e. The fraction of sp³-hybridized carbons (Fsp3) is 1.00. The third-order valence-corrected chi connectivity index (χ3v) is 1.24. The van der Waals surface area contributed by atoms with Gasteiger partial charge in [0.05, 0.1) is 0 Å². The predicted octanol–water partition coefficient (Wildman–Crippen LogP) is 0.436. The quantitative estimate of drug-likeness (QED) is 0.569. The summed E-state index contributed by atoms with van der Waals surface area (Å²) in [4.78, 5) is 0. The van der Waals surface area contributed by atoms with Gasteiger partial charge in [-0.2, -0.15) is 12.6 Å². The van der Waals surface area contributed by atoms with Gasteiger partial charge in [-0.05, 0) is 13.0 Å². The monoisotopic (exact) mass is 192 g/mol. The van der Waals surface area contributed by atoms with Crippen LogP contribution in [0.25, 0.3) is 0 Å². The normalized spacial score (nSPS) is 11.0. The van der Waals surface area contributed by atoms with Crippen molar-refractivity contribution in [1.82, 2.24) is 0 Å². The van der Waals surface area contributed by atoms with Crippen LogP contribution >= 0.6 is 37.4 Å². The molecule has 0 saturated carbocycles. The number of rotatable bonds is 3. The van der Waals surface area contributed by atoms with Crippen LogP contribution in [0.1, 0.15) is 6.42 Å². The zero-order valence-corrected chi connectivity index (χ0v) is 7.64. The number of hydrogen-bond acceptors (Lipinski definition) is 3. The summed E-state index contributed by atoms with van der Waals surface area (Å²) in [5.74, 6) is 0.733. The van der Waals surface area contributed by atoms with E-state index < -0.39 is 0 Å². The lowest BCUT2D eigenvalue weighted by molar-refractivity contribution is 0.686. The van der Waals surface area contributed by atoms with Crippen LogP contribution in [0.3, 0.4) is 0 Å². The van der Waals surface area contributed by atoms with Crippen LogP contribution in [-0.2, 0) is 0 Å². The summed E-state index contributed by atoms with van der Waals surface area (Å²) in [5.41, 5.74) is 10.6. The van der Waals surface area contributed by atoms with E-state index in [1.165, 1.54) is 0 Å². The molecule has 0 aliphatic rings. The second-order valence-corrected chi connectivity index (χ2v) is 1.89. The second-order valence-electron chi connectivity index (χ2n) is 1.52. The first kappa shape index (κ1) is 16.4. The molecule has 0 heterocycles. The lowest BCUT2D eigenvalue weighted by atomic mass is 10.2. The van der Waals surface area contributed by atoms with Crippen molar-refractivity contribution in [3.63, 3.8) is 0 Å². The van der Waals surface area contributed by atoms with E-state index in [1.807, 2.05) is 0 Å². The molecule has 0 saturated heterocycles. The molecule has 0 aromatic rings. The van der Waals surface area contributed by atoms with Gasteiger partial charge in [0.1, 0.15) is 0 Å². The molecule has 1 unspecified atom stereocenters. The summed E-state index contributed by atoms with van der Waals surface area (Å²) in [6.45, 7) is 0.668. The molecule has 4 N–H and O–H groups in total. The average molecular weight is 193 g/mol. The molecule has 2 nitrogen and oxygen atoms in total. The Bertz CT molecular complexity index is 47.5. The van der Waals surface area contributed by atoms with Gasteiger partial charge in [0, 0.05) is 11.8 Å². The maximum absolute atomic E-state index is 5.43. The molecule has 0 amide bonds. The summed E-state index contributed by atoms with van der Waals surface area (Å²) in [6.07, 6.45) is 0.878. The molecule has 5 heteroatoms. The van der Waals surface area contributed by atoms with Gasteiger partial charge in [-0.3, -0.25) is 0 Å². The van der Waals surface area contributed by atoms with Gasteiger partial charge in [0.25, 0.3) is 0 Å². The topological polar surface area (TPSA) is 52.0 Å². The molecule has 0 radical (unpaired) electrons. The van der Waals surface area contributed by atoms with E-state index in [4.69, 9.17) is 11.5 Å². The molecular formula is C4H14Cl2N2S. The molecule has 0 aliphatic heterocycles. The van der Waals surface area contributed by atoms with Gasteiger partial charge in [-0.1, -0.05) is 0 Å². The van der Waals surface area contributed by atoms with Crippen molar-refractivity contribution >= 4 is 37.4 Å². The number of nitrogens with two attached hydrogens (primary N) is 2. The van der Waals surface area contributed by atoms with E-state index in [9.17, 15) is 0 Å². The minimum Gasteiger partial charge on any atom is -0.330 e. The number of hydrogen-bond donors (Lipinski definition) is 3. The Morgan fingerprint density at radius 2 is 1.78 bits per heavy atom. The van der Waals surface area contributed by atoms with Crippen LogP contribution in [0.5, 0.6) is 0 Å². The Hall–Kier alpha value is 0.850. The van der Waals surface area contributed by atoms with Crippen molar-refractivity contribution in [3.05, 3.63) is 0 Å². The van der Waals surface area contributed by atoms with E-state index in [0.29, 0.717) is 6.54 Å². The zero-order valence-electron chi connectivity index (χ0n) is 5.12. The first-order valence-corrected chi connectivity index (χ1v) is 3.01. The molecule has 0 bridgehead atoms. The van der Waals surface area contributed by atoms with E-state index in [1.54, 1.807) is 0 Å². The third-order valence-electron chi connectivity index (χ3n) is 0.772. The molecule has 0 aliphatic carbocycles. The summed E-state index contributed by atoms with van der Waals surface area (Å²) >= 11 is 3.97. The smallest absolute Gasteiger partial charge is 0.0139 e. The van der Waals surface area contributed by atoms with Crippen LogP contribution in [0.4, 0.5) is 0 Å². The van der Waals surface area contributed by atoms with Gasteiger partial charge in [0.2, 0.25) is 0 Å². The molecule has 60 valence electrons. The Morgan fingerprint density at radius 1 is 1.33 bits per heavy atom. The molecular weight excluding hydrogens is 179 g/mol. The molecule has 9 heavy (non-hydrogen) atoms. The Labute approximate surface area is 74.0 Å². The predicted molar refractivity (Wildman–Crippen MR) is 50.0 cm³/mol. The van der Waals surface area contributed by atoms with Crippen molar-refractivity contribution in [3.8, 4) is 0 Å². The lowest BCUT2D eigenvalue weighted by Crippen LogP contribution is -2.24. The minimum atomic E-state index is 0. The van der Waals surface area contributed by atoms with E-state index in [-0.39, 0.29) is 30.9 Å². The second kappa shape index (κ2) is 11.6. The first-order valence-electron chi connectivity index (χ1n) is 2.37. The molecule has 0 aromatic heterocycles. The molecule has 1 atom stereocenters. The maximum atomic E-state index is 5.43. The molecule has 0 aromatic carbocycles. The molecule has 0 rings (SSSR count). The van der Waals surface area contributed by atoms with Gasteiger partial charge >= 0.3 is 0 Å². The van der Waals surface area contributed by atoms with Crippen molar-refractivity contribution in [1.29, 1.82) is 0 Å². The Morgan fingerprint density at radius 3 is 1.89 bits per heavy atom. The third kappa shape index (κ3) is 12.1. The standard InChI is InChI=1S/C4H12N2S.2ClH/c5-2-1-4(6)3-7;;/h4,7H,1-3,5-6H2;2*1H. The van der Waals surface area contributed by atoms with Crippen LogP contribution < -0.4 is 11.5 Å². The fourth-order valence-electron chi connectivity index (χ4n) is 0.305. The van der Waals surface area contributed by atoms with E-state index >= 15 is 0 Å². The highest BCUT2D eigenvalue weighted by atomic mass is 35.5. The van der Waals surface area contributed by atoms with E-state index in [2.05, 4.69) is 12.6 Å². The Balaban J connectivity index is -0.000000180. The van der Waals surface area contributed by atoms with E-state index in [0.717, 1.165) is 12.2 Å². The van der Waals surface area contributed by atoms with Crippen LogP contribution in [0, 0.1) is 0 Å². The highest BCUT2D eigenvalue weighted by Gasteiger charge is 1.93. The fourth-order valence-corrected chi connectivity index (χ4v) is 0.488. The summed E-state index contributed by atoms with van der Waals surface area (Å²) in [5, 5.41) is 0. The summed E-state index contributed by atoms with van der Waals surface area (Å²) < 4.78 is 0.